The molecule has 86 valence electrons. The lowest BCUT2D eigenvalue weighted by Crippen LogP contribution is -2.41. The molecule has 1 aliphatic rings. The van der Waals surface area contributed by atoms with Gasteiger partial charge in [0.2, 0.25) is 11.8 Å². The number of amides is 2. The summed E-state index contributed by atoms with van der Waals surface area (Å²) >= 11 is 0. The van der Waals surface area contributed by atoms with Crippen LogP contribution in [0.5, 0.6) is 0 Å². The third-order valence-electron chi connectivity index (χ3n) is 3.18. The molecule has 1 atom stereocenters. The molecular formula is C13H12N2O2. The molecule has 17 heavy (non-hydrogen) atoms. The van der Waals surface area contributed by atoms with Crippen molar-refractivity contribution in [3.63, 3.8) is 0 Å². The highest BCUT2D eigenvalue weighted by molar-refractivity contribution is 6.00. The largest absolute Gasteiger partial charge is 0.335 e. The van der Waals surface area contributed by atoms with Crippen LogP contribution in [0.25, 0.3) is 10.9 Å². The summed E-state index contributed by atoms with van der Waals surface area (Å²) in [7, 11) is 0. The number of carbonyl (C=O) groups excluding carboxylic acids is 2. The standard InChI is InChI=1S/C13H12N2O2/c16-12-6-5-11(13(17)14-12)15-8-7-9-3-1-2-4-10(9)15/h1-4,7-8,11H,5-6H2,(H,14,16,17)/t11-/m0/s1. The summed E-state index contributed by atoms with van der Waals surface area (Å²) < 4.78 is 1.94. The number of imide groups is 1. The fourth-order valence-electron chi connectivity index (χ4n) is 2.32. The van der Waals surface area contributed by atoms with Crippen molar-refractivity contribution in [3.8, 4) is 0 Å². The van der Waals surface area contributed by atoms with Gasteiger partial charge in [0.05, 0.1) is 0 Å². The molecule has 2 aromatic rings. The number of hydrogen-bond acceptors (Lipinski definition) is 2. The van der Waals surface area contributed by atoms with E-state index >= 15 is 0 Å². The molecule has 0 radical (unpaired) electrons. The summed E-state index contributed by atoms with van der Waals surface area (Å²) in [6, 6.07) is 9.63. The SMILES string of the molecule is O=C1CC[C@H](n2ccc3ccccc32)C(=O)N1. The van der Waals surface area contributed by atoms with Gasteiger partial charge in [0.1, 0.15) is 6.04 Å². The summed E-state index contributed by atoms with van der Waals surface area (Å²) in [6.45, 7) is 0. The average Bonchev–Trinajstić information content (AvgIpc) is 2.73. The van der Waals surface area contributed by atoms with Gasteiger partial charge in [-0.3, -0.25) is 14.9 Å². The smallest absolute Gasteiger partial charge is 0.249 e. The van der Waals surface area contributed by atoms with E-state index in [1.807, 2.05) is 41.1 Å². The van der Waals surface area contributed by atoms with Crippen LogP contribution in [0.15, 0.2) is 36.5 Å². The van der Waals surface area contributed by atoms with E-state index in [-0.39, 0.29) is 17.9 Å². The first-order valence-electron chi connectivity index (χ1n) is 5.65. The van der Waals surface area contributed by atoms with Crippen molar-refractivity contribution in [1.29, 1.82) is 0 Å². The van der Waals surface area contributed by atoms with E-state index in [9.17, 15) is 9.59 Å². The maximum Gasteiger partial charge on any atom is 0.249 e. The molecule has 4 nitrogen and oxygen atoms in total. The van der Waals surface area contributed by atoms with Crippen LogP contribution in [-0.2, 0) is 9.59 Å². The summed E-state index contributed by atoms with van der Waals surface area (Å²) in [5, 5.41) is 3.49. The van der Waals surface area contributed by atoms with Gasteiger partial charge < -0.3 is 4.57 Å². The predicted molar refractivity (Wildman–Crippen MR) is 63.4 cm³/mol. The van der Waals surface area contributed by atoms with Crippen LogP contribution in [0.3, 0.4) is 0 Å². The Kier molecular flexibility index (Phi) is 2.21. The average molecular weight is 228 g/mol. The number of rotatable bonds is 1. The third kappa shape index (κ3) is 1.62. The summed E-state index contributed by atoms with van der Waals surface area (Å²) in [6.07, 6.45) is 2.89. The normalized spacial score (nSPS) is 20.6. The van der Waals surface area contributed by atoms with E-state index in [2.05, 4.69) is 5.32 Å². The highest BCUT2D eigenvalue weighted by Crippen LogP contribution is 2.24. The van der Waals surface area contributed by atoms with Crippen LogP contribution in [0.1, 0.15) is 18.9 Å². The molecule has 0 aliphatic carbocycles. The molecule has 0 spiro atoms. The number of carbonyl (C=O) groups is 2. The number of nitrogens with one attached hydrogen (secondary N) is 1. The van der Waals surface area contributed by atoms with Crippen molar-refractivity contribution in [2.45, 2.75) is 18.9 Å². The Morgan fingerprint density at radius 2 is 2.00 bits per heavy atom. The Labute approximate surface area is 98.2 Å². The predicted octanol–water partition coefficient (Wildman–Crippen LogP) is 1.62. The summed E-state index contributed by atoms with van der Waals surface area (Å²) in [4.78, 5) is 22.9. The second kappa shape index (κ2) is 3.73. The molecule has 1 aliphatic heterocycles. The molecule has 4 heteroatoms. The van der Waals surface area contributed by atoms with Gasteiger partial charge in [0.15, 0.2) is 0 Å². The molecule has 0 bridgehead atoms. The van der Waals surface area contributed by atoms with Crippen LogP contribution < -0.4 is 5.32 Å². The van der Waals surface area contributed by atoms with Gasteiger partial charge in [0, 0.05) is 18.1 Å². The summed E-state index contributed by atoms with van der Waals surface area (Å²) in [5.41, 5.74) is 1.03. The fourth-order valence-corrected chi connectivity index (χ4v) is 2.32. The number of piperidine rings is 1. The van der Waals surface area contributed by atoms with Gasteiger partial charge in [-0.05, 0) is 23.9 Å². The van der Waals surface area contributed by atoms with Gasteiger partial charge in [0.25, 0.3) is 0 Å². The van der Waals surface area contributed by atoms with Gasteiger partial charge >= 0.3 is 0 Å². The van der Waals surface area contributed by atoms with Crippen molar-refractivity contribution < 1.29 is 9.59 Å². The Hall–Kier alpha value is -2.10. The first kappa shape index (κ1) is 10.1. The van der Waals surface area contributed by atoms with Crippen molar-refractivity contribution in [1.82, 2.24) is 9.88 Å². The minimum atomic E-state index is -0.271. The monoisotopic (exact) mass is 228 g/mol. The van der Waals surface area contributed by atoms with Gasteiger partial charge in [-0.2, -0.15) is 0 Å². The number of aromatic nitrogens is 1. The number of para-hydroxylation sites is 1. The number of nitrogens with zero attached hydrogens (tertiary/aromatic N) is 1. The zero-order chi connectivity index (χ0) is 11.8. The minimum absolute atomic E-state index is 0.178. The first-order valence-corrected chi connectivity index (χ1v) is 5.65. The molecule has 1 saturated heterocycles. The second-order valence-corrected chi connectivity index (χ2v) is 4.25. The van der Waals surface area contributed by atoms with E-state index < -0.39 is 0 Å². The fraction of sp³-hybridized carbons (Fsp3) is 0.231. The van der Waals surface area contributed by atoms with Crippen LogP contribution >= 0.6 is 0 Å². The van der Waals surface area contributed by atoms with Crippen LogP contribution in [0.2, 0.25) is 0 Å². The van der Waals surface area contributed by atoms with E-state index in [4.69, 9.17) is 0 Å². The maximum absolute atomic E-state index is 11.8. The molecule has 0 saturated carbocycles. The highest BCUT2D eigenvalue weighted by atomic mass is 16.2. The molecule has 2 amide bonds. The molecular weight excluding hydrogens is 216 g/mol. The van der Waals surface area contributed by atoms with Gasteiger partial charge in [-0.1, -0.05) is 18.2 Å². The van der Waals surface area contributed by atoms with Crippen LogP contribution in [0, 0.1) is 0 Å². The van der Waals surface area contributed by atoms with Gasteiger partial charge in [-0.25, -0.2) is 0 Å². The van der Waals surface area contributed by atoms with E-state index in [0.29, 0.717) is 12.8 Å². The van der Waals surface area contributed by atoms with E-state index in [1.54, 1.807) is 0 Å². The second-order valence-electron chi connectivity index (χ2n) is 4.25. The lowest BCUT2D eigenvalue weighted by Gasteiger charge is -2.23. The summed E-state index contributed by atoms with van der Waals surface area (Å²) in [5.74, 6) is -0.384. The molecule has 1 N–H and O–H groups in total. The number of fused-ring (bicyclic) bond motifs is 1. The molecule has 2 heterocycles. The Bertz CT molecular complexity index is 600. The van der Waals surface area contributed by atoms with Crippen LogP contribution in [0.4, 0.5) is 0 Å². The number of benzene rings is 1. The molecule has 1 aromatic carbocycles. The van der Waals surface area contributed by atoms with Gasteiger partial charge in [-0.15, -0.1) is 0 Å². The topological polar surface area (TPSA) is 51.1 Å². The van der Waals surface area contributed by atoms with E-state index in [0.717, 1.165) is 10.9 Å². The Balaban J connectivity index is 2.04. The zero-order valence-corrected chi connectivity index (χ0v) is 9.22. The quantitative estimate of drug-likeness (QED) is 0.754. The molecule has 1 fully saturated rings. The number of hydrogen-bond donors (Lipinski definition) is 1. The maximum atomic E-state index is 11.8. The third-order valence-corrected chi connectivity index (χ3v) is 3.18. The van der Waals surface area contributed by atoms with Crippen molar-refractivity contribution in [2.75, 3.05) is 0 Å². The minimum Gasteiger partial charge on any atom is -0.335 e. The first-order chi connectivity index (χ1) is 8.25. The van der Waals surface area contributed by atoms with Crippen LogP contribution in [-0.4, -0.2) is 16.4 Å². The molecule has 1 aromatic heterocycles. The lowest BCUT2D eigenvalue weighted by molar-refractivity contribution is -0.135. The van der Waals surface area contributed by atoms with Crippen molar-refractivity contribution in [2.24, 2.45) is 0 Å². The highest BCUT2D eigenvalue weighted by Gasteiger charge is 2.28. The molecule has 3 rings (SSSR count). The van der Waals surface area contributed by atoms with E-state index in [1.165, 1.54) is 0 Å². The van der Waals surface area contributed by atoms with Crippen molar-refractivity contribution in [3.05, 3.63) is 36.5 Å². The molecule has 0 unspecified atom stereocenters. The van der Waals surface area contributed by atoms with Crippen molar-refractivity contribution >= 4 is 22.7 Å². The lowest BCUT2D eigenvalue weighted by atomic mass is 10.1. The Morgan fingerprint density at radius 1 is 1.18 bits per heavy atom. The Morgan fingerprint density at radius 3 is 2.82 bits per heavy atom. The zero-order valence-electron chi connectivity index (χ0n) is 9.22.